The highest BCUT2D eigenvalue weighted by atomic mass is 16.6. The first-order valence-electron chi connectivity index (χ1n) is 9.80. The molecule has 0 aliphatic carbocycles. The summed E-state index contributed by atoms with van der Waals surface area (Å²) in [6.07, 6.45) is 5.11. The van der Waals surface area contributed by atoms with Crippen molar-refractivity contribution >= 4 is 23.5 Å². The Labute approximate surface area is 169 Å². The molecule has 2 aliphatic heterocycles. The summed E-state index contributed by atoms with van der Waals surface area (Å²) in [6, 6.07) is 10.8. The Balaban J connectivity index is 1.47. The van der Waals surface area contributed by atoms with Crippen molar-refractivity contribution in [3.8, 4) is 0 Å². The summed E-state index contributed by atoms with van der Waals surface area (Å²) in [5.41, 5.74) is 2.27. The van der Waals surface area contributed by atoms with E-state index in [1.54, 1.807) is 34.3 Å². The highest BCUT2D eigenvalue weighted by Crippen LogP contribution is 2.23. The third-order valence-electron chi connectivity index (χ3n) is 5.00. The summed E-state index contributed by atoms with van der Waals surface area (Å²) in [4.78, 5) is 32.3. The monoisotopic (exact) mass is 396 g/mol. The Hall–Kier alpha value is -3.13. The van der Waals surface area contributed by atoms with Crippen LogP contribution in [0.3, 0.4) is 0 Å². The molecule has 2 saturated heterocycles. The van der Waals surface area contributed by atoms with E-state index in [4.69, 9.17) is 9.47 Å². The van der Waals surface area contributed by atoms with Gasteiger partial charge in [0.15, 0.2) is 0 Å². The van der Waals surface area contributed by atoms with E-state index in [1.807, 2.05) is 24.3 Å². The molecule has 2 fully saturated rings. The first-order valence-corrected chi connectivity index (χ1v) is 9.80. The second-order valence-electron chi connectivity index (χ2n) is 7.12. The molecule has 8 heteroatoms. The van der Waals surface area contributed by atoms with Crippen LogP contribution < -0.4 is 10.2 Å². The van der Waals surface area contributed by atoms with Gasteiger partial charge in [0.05, 0.1) is 12.6 Å². The fourth-order valence-corrected chi connectivity index (χ4v) is 3.55. The molecule has 4 rings (SSSR count). The largest absolute Gasteiger partial charge is 0.447 e. The fraction of sp³-hybridized carbons (Fsp3) is 0.381. The van der Waals surface area contributed by atoms with Gasteiger partial charge in [-0.1, -0.05) is 12.1 Å². The van der Waals surface area contributed by atoms with E-state index >= 15 is 0 Å². The van der Waals surface area contributed by atoms with Crippen LogP contribution in [0.1, 0.15) is 18.4 Å². The minimum Gasteiger partial charge on any atom is -0.447 e. The predicted molar refractivity (Wildman–Crippen MR) is 108 cm³/mol. The molecule has 2 aromatic rings. The molecule has 152 valence electrons. The van der Waals surface area contributed by atoms with Gasteiger partial charge in [0.25, 0.3) is 0 Å². The number of carbonyl (C=O) groups is 2. The number of nitrogens with one attached hydrogen (secondary N) is 1. The van der Waals surface area contributed by atoms with Gasteiger partial charge in [-0.3, -0.25) is 9.88 Å². The molecule has 3 heterocycles. The molecule has 1 N–H and O–H groups in total. The molecular formula is C21H24N4O4. The molecular weight excluding hydrogens is 372 g/mol. The molecule has 29 heavy (non-hydrogen) atoms. The smallest absolute Gasteiger partial charge is 0.414 e. The second-order valence-corrected chi connectivity index (χ2v) is 7.12. The quantitative estimate of drug-likeness (QED) is 0.810. The highest BCUT2D eigenvalue weighted by Gasteiger charge is 2.25. The topological polar surface area (TPSA) is 84.0 Å². The average Bonchev–Trinajstić information content (AvgIpc) is 3.40. The number of benzene rings is 1. The van der Waals surface area contributed by atoms with Crippen LogP contribution in [0.15, 0.2) is 48.8 Å². The third-order valence-corrected chi connectivity index (χ3v) is 5.00. The number of anilines is 2. The number of nitrogens with zero attached hydrogens (tertiary/aromatic N) is 3. The van der Waals surface area contributed by atoms with Crippen molar-refractivity contribution in [3.63, 3.8) is 0 Å². The molecule has 1 aromatic carbocycles. The number of hydrogen-bond acceptors (Lipinski definition) is 5. The van der Waals surface area contributed by atoms with Gasteiger partial charge in [-0.2, -0.15) is 0 Å². The van der Waals surface area contributed by atoms with Gasteiger partial charge in [-0.15, -0.1) is 0 Å². The van der Waals surface area contributed by atoms with E-state index in [9.17, 15) is 9.59 Å². The van der Waals surface area contributed by atoms with Crippen molar-refractivity contribution in [2.75, 3.05) is 36.5 Å². The molecule has 0 unspecified atom stereocenters. The third kappa shape index (κ3) is 4.83. The Kier molecular flexibility index (Phi) is 5.90. The number of rotatable bonds is 6. The normalized spacial score (nSPS) is 18.6. The zero-order valence-corrected chi connectivity index (χ0v) is 16.1. The van der Waals surface area contributed by atoms with Gasteiger partial charge in [-0.05, 0) is 42.7 Å². The van der Waals surface area contributed by atoms with Crippen LogP contribution in [-0.2, 0) is 16.0 Å². The van der Waals surface area contributed by atoms with E-state index in [1.165, 1.54) is 0 Å². The maximum absolute atomic E-state index is 13.0. The van der Waals surface area contributed by atoms with Gasteiger partial charge < -0.3 is 19.7 Å². The van der Waals surface area contributed by atoms with Crippen LogP contribution >= 0.6 is 0 Å². The van der Waals surface area contributed by atoms with Crippen molar-refractivity contribution in [1.82, 2.24) is 9.88 Å². The number of ether oxygens (including phenoxy) is 2. The van der Waals surface area contributed by atoms with Gasteiger partial charge in [0, 0.05) is 43.5 Å². The number of hydrogen-bond donors (Lipinski definition) is 1. The first-order chi connectivity index (χ1) is 14.2. The van der Waals surface area contributed by atoms with Crippen LogP contribution in [0.25, 0.3) is 0 Å². The van der Waals surface area contributed by atoms with Crippen molar-refractivity contribution in [3.05, 3.63) is 54.4 Å². The number of carbonyl (C=O) groups excluding carboxylic acids is 2. The molecule has 8 nitrogen and oxygen atoms in total. The van der Waals surface area contributed by atoms with Gasteiger partial charge >= 0.3 is 12.1 Å². The maximum atomic E-state index is 13.0. The van der Waals surface area contributed by atoms with Crippen LogP contribution in [0.4, 0.5) is 21.0 Å². The first kappa shape index (κ1) is 19.2. The van der Waals surface area contributed by atoms with Gasteiger partial charge in [-0.25, -0.2) is 9.59 Å². The lowest BCUT2D eigenvalue weighted by Crippen LogP contribution is -2.39. The summed E-state index contributed by atoms with van der Waals surface area (Å²) in [7, 11) is 0. The van der Waals surface area contributed by atoms with Crippen molar-refractivity contribution in [1.29, 1.82) is 0 Å². The lowest BCUT2D eigenvalue weighted by molar-refractivity contribution is 0.0819. The number of cyclic esters (lactones) is 1. The van der Waals surface area contributed by atoms with Crippen molar-refractivity contribution in [2.45, 2.75) is 25.5 Å². The standard InChI is InChI=1S/C21H24N4O4/c26-20(23-17-5-1-6-18(12-17)25-9-11-29-21(25)27)24(15-19-7-3-10-28-19)14-16-4-2-8-22-13-16/h1-2,4-6,8,12-13,19H,3,7,9-11,14-15H2,(H,23,26)/t19-/m1/s1. The molecule has 2 aliphatic rings. The van der Waals surface area contributed by atoms with Crippen LogP contribution in [0, 0.1) is 0 Å². The number of pyridine rings is 1. The molecule has 0 spiro atoms. The zero-order chi connectivity index (χ0) is 20.1. The van der Waals surface area contributed by atoms with E-state index in [0.29, 0.717) is 37.6 Å². The number of amides is 3. The Bertz CT molecular complexity index is 855. The molecule has 1 aromatic heterocycles. The predicted octanol–water partition coefficient (Wildman–Crippen LogP) is 3.25. The van der Waals surface area contributed by atoms with E-state index in [2.05, 4.69) is 10.3 Å². The summed E-state index contributed by atoms with van der Waals surface area (Å²) < 4.78 is 10.7. The van der Waals surface area contributed by atoms with Crippen LogP contribution in [0.5, 0.6) is 0 Å². The lowest BCUT2D eigenvalue weighted by Gasteiger charge is -2.26. The minimum absolute atomic E-state index is 0.0446. The second kappa shape index (κ2) is 8.91. The zero-order valence-electron chi connectivity index (χ0n) is 16.1. The fourth-order valence-electron chi connectivity index (χ4n) is 3.55. The maximum Gasteiger partial charge on any atom is 0.414 e. The number of aromatic nitrogens is 1. The van der Waals surface area contributed by atoms with Crippen LogP contribution in [-0.4, -0.2) is 54.4 Å². The molecule has 1 atom stereocenters. The van der Waals surface area contributed by atoms with Gasteiger partial charge in [0.1, 0.15) is 6.61 Å². The minimum atomic E-state index is -0.370. The number of urea groups is 1. The van der Waals surface area contributed by atoms with Crippen LogP contribution in [0.2, 0.25) is 0 Å². The highest BCUT2D eigenvalue weighted by molar-refractivity contribution is 5.93. The summed E-state index contributed by atoms with van der Waals surface area (Å²) in [5.74, 6) is 0. The van der Waals surface area contributed by atoms with E-state index in [-0.39, 0.29) is 18.2 Å². The molecule has 0 radical (unpaired) electrons. The Morgan fingerprint density at radius 2 is 2.21 bits per heavy atom. The van der Waals surface area contributed by atoms with E-state index in [0.717, 1.165) is 25.0 Å². The molecule has 0 saturated carbocycles. The van der Waals surface area contributed by atoms with Gasteiger partial charge in [0.2, 0.25) is 0 Å². The van der Waals surface area contributed by atoms with Crippen molar-refractivity contribution in [2.24, 2.45) is 0 Å². The SMILES string of the molecule is O=C(Nc1cccc(N2CCOC2=O)c1)N(Cc1cccnc1)C[C@H]1CCCO1. The summed E-state index contributed by atoms with van der Waals surface area (Å²) >= 11 is 0. The van der Waals surface area contributed by atoms with E-state index < -0.39 is 0 Å². The summed E-state index contributed by atoms with van der Waals surface area (Å²) in [6.45, 7) is 2.57. The summed E-state index contributed by atoms with van der Waals surface area (Å²) in [5, 5.41) is 2.95. The molecule has 0 bridgehead atoms. The van der Waals surface area contributed by atoms with Crippen molar-refractivity contribution < 1.29 is 19.1 Å². The Morgan fingerprint density at radius 3 is 2.93 bits per heavy atom. The Morgan fingerprint density at radius 1 is 1.28 bits per heavy atom. The molecule has 3 amide bonds. The average molecular weight is 396 g/mol. The lowest BCUT2D eigenvalue weighted by atomic mass is 10.2.